The van der Waals surface area contributed by atoms with Crippen molar-refractivity contribution in [3.05, 3.63) is 52.2 Å². The predicted octanol–water partition coefficient (Wildman–Crippen LogP) is 1.90. The summed E-state index contributed by atoms with van der Waals surface area (Å²) in [6, 6.07) is 8.11. The van der Waals surface area contributed by atoms with Crippen molar-refractivity contribution in [2.45, 2.75) is 0 Å². The highest BCUT2D eigenvalue weighted by Crippen LogP contribution is 2.13. The number of benzene rings is 1. The summed E-state index contributed by atoms with van der Waals surface area (Å²) in [6.07, 6.45) is 0. The Morgan fingerprint density at radius 3 is 2.36 bits per heavy atom. The van der Waals surface area contributed by atoms with Crippen LogP contribution in [0.5, 0.6) is 0 Å². The first-order valence-corrected chi connectivity index (χ1v) is 7.33. The third-order valence-electron chi connectivity index (χ3n) is 2.81. The molecule has 0 aliphatic heterocycles. The third-order valence-corrected chi connectivity index (χ3v) is 3.49. The lowest BCUT2D eigenvalue weighted by Crippen LogP contribution is -2.30. The van der Waals surface area contributed by atoms with E-state index in [1.165, 1.54) is 18.4 Å². The molecule has 0 saturated carbocycles. The van der Waals surface area contributed by atoms with Gasteiger partial charge < -0.3 is 15.4 Å². The van der Waals surface area contributed by atoms with Gasteiger partial charge in [-0.1, -0.05) is 0 Å². The van der Waals surface area contributed by atoms with Gasteiger partial charge in [-0.15, -0.1) is 0 Å². The summed E-state index contributed by atoms with van der Waals surface area (Å²) in [6.45, 7) is -0.189. The van der Waals surface area contributed by atoms with E-state index in [0.29, 0.717) is 16.8 Å². The third kappa shape index (κ3) is 4.16. The van der Waals surface area contributed by atoms with E-state index < -0.39 is 5.97 Å². The molecule has 2 rings (SSSR count). The zero-order valence-corrected chi connectivity index (χ0v) is 12.6. The number of hydrogen-bond acceptors (Lipinski definition) is 5. The fraction of sp³-hybridized carbons (Fsp3) is 0.133. The van der Waals surface area contributed by atoms with Gasteiger partial charge >= 0.3 is 5.97 Å². The number of hydrogen-bond donors (Lipinski definition) is 2. The van der Waals surface area contributed by atoms with Gasteiger partial charge in [0.1, 0.15) is 6.54 Å². The van der Waals surface area contributed by atoms with Crippen LogP contribution in [0.2, 0.25) is 0 Å². The normalized spacial score (nSPS) is 9.86. The highest BCUT2D eigenvalue weighted by atomic mass is 32.1. The van der Waals surface area contributed by atoms with Crippen LogP contribution in [-0.4, -0.2) is 31.4 Å². The van der Waals surface area contributed by atoms with Gasteiger partial charge in [-0.3, -0.25) is 14.4 Å². The first kappa shape index (κ1) is 15.7. The fourth-order valence-electron chi connectivity index (χ4n) is 1.63. The van der Waals surface area contributed by atoms with E-state index in [9.17, 15) is 14.4 Å². The Bertz CT molecular complexity index is 665. The molecule has 0 unspecified atom stereocenters. The summed E-state index contributed by atoms with van der Waals surface area (Å²) < 4.78 is 4.43. The summed E-state index contributed by atoms with van der Waals surface area (Å²) in [5, 5.41) is 8.74. The molecule has 2 aromatic rings. The second-order valence-electron chi connectivity index (χ2n) is 4.30. The molecule has 0 atom stereocenters. The maximum atomic E-state index is 11.9. The standard InChI is InChI=1S/C15H14N2O4S/c1-21-13(18)8-16-14(19)10-2-4-12(5-3-10)17-15(20)11-6-7-22-9-11/h2-7,9H,8H2,1H3,(H,16,19)(H,17,20). The Labute approximate surface area is 131 Å². The van der Waals surface area contributed by atoms with E-state index in [0.717, 1.165) is 0 Å². The van der Waals surface area contributed by atoms with Crippen molar-refractivity contribution >= 4 is 34.8 Å². The number of nitrogens with one attached hydrogen (secondary N) is 2. The van der Waals surface area contributed by atoms with Crippen LogP contribution in [-0.2, 0) is 9.53 Å². The van der Waals surface area contributed by atoms with Crippen LogP contribution in [0.25, 0.3) is 0 Å². The Hall–Kier alpha value is -2.67. The minimum absolute atomic E-state index is 0.189. The molecule has 7 heteroatoms. The molecule has 0 radical (unpaired) electrons. The molecule has 0 aliphatic carbocycles. The van der Waals surface area contributed by atoms with E-state index in [2.05, 4.69) is 15.4 Å². The van der Waals surface area contributed by atoms with Crippen molar-refractivity contribution in [2.24, 2.45) is 0 Å². The molecule has 0 fully saturated rings. The summed E-state index contributed by atoms with van der Waals surface area (Å²) in [5.74, 6) is -1.11. The van der Waals surface area contributed by atoms with Crippen LogP contribution in [0.1, 0.15) is 20.7 Å². The SMILES string of the molecule is COC(=O)CNC(=O)c1ccc(NC(=O)c2ccsc2)cc1. The molecule has 1 aromatic carbocycles. The minimum Gasteiger partial charge on any atom is -0.468 e. The van der Waals surface area contributed by atoms with Gasteiger partial charge in [0.2, 0.25) is 0 Å². The van der Waals surface area contributed by atoms with Crippen LogP contribution in [0, 0.1) is 0 Å². The van der Waals surface area contributed by atoms with Crippen LogP contribution >= 0.6 is 11.3 Å². The molecule has 0 aliphatic rings. The highest BCUT2D eigenvalue weighted by Gasteiger charge is 2.09. The highest BCUT2D eigenvalue weighted by molar-refractivity contribution is 7.08. The number of amides is 2. The number of thiophene rings is 1. The number of esters is 1. The van der Waals surface area contributed by atoms with Crippen LogP contribution < -0.4 is 10.6 Å². The summed E-state index contributed by atoms with van der Waals surface area (Å²) in [5.41, 5.74) is 1.56. The number of rotatable bonds is 5. The lowest BCUT2D eigenvalue weighted by atomic mass is 10.2. The molecule has 22 heavy (non-hydrogen) atoms. The average molecular weight is 318 g/mol. The van der Waals surface area contributed by atoms with E-state index in [1.54, 1.807) is 35.7 Å². The molecular formula is C15H14N2O4S. The summed E-state index contributed by atoms with van der Waals surface area (Å²) >= 11 is 1.44. The predicted molar refractivity (Wildman–Crippen MR) is 83.1 cm³/mol. The monoisotopic (exact) mass is 318 g/mol. The van der Waals surface area contributed by atoms with Gasteiger partial charge in [0.15, 0.2) is 0 Å². The lowest BCUT2D eigenvalue weighted by molar-refractivity contribution is -0.139. The Balaban J connectivity index is 1.94. The maximum absolute atomic E-state index is 11.9. The molecule has 114 valence electrons. The topological polar surface area (TPSA) is 84.5 Å². The van der Waals surface area contributed by atoms with Gasteiger partial charge in [-0.05, 0) is 35.7 Å². The average Bonchev–Trinajstić information content (AvgIpc) is 3.07. The fourth-order valence-corrected chi connectivity index (χ4v) is 2.26. The van der Waals surface area contributed by atoms with Gasteiger partial charge in [0.25, 0.3) is 11.8 Å². The molecule has 1 heterocycles. The first-order chi connectivity index (χ1) is 10.6. The Morgan fingerprint density at radius 2 is 1.77 bits per heavy atom. The molecule has 0 spiro atoms. The quantitative estimate of drug-likeness (QED) is 0.825. The van der Waals surface area contributed by atoms with Gasteiger partial charge in [0, 0.05) is 16.6 Å². The molecular weight excluding hydrogens is 304 g/mol. The largest absolute Gasteiger partial charge is 0.468 e. The van der Waals surface area contributed by atoms with Gasteiger partial charge in [-0.2, -0.15) is 11.3 Å². The number of ether oxygens (including phenoxy) is 1. The second-order valence-corrected chi connectivity index (χ2v) is 5.08. The number of carbonyl (C=O) groups is 3. The number of carbonyl (C=O) groups excluding carboxylic acids is 3. The zero-order valence-electron chi connectivity index (χ0n) is 11.8. The lowest BCUT2D eigenvalue weighted by Gasteiger charge is -2.06. The van der Waals surface area contributed by atoms with E-state index in [1.807, 2.05) is 5.38 Å². The van der Waals surface area contributed by atoms with Crippen molar-refractivity contribution in [2.75, 3.05) is 19.0 Å². The summed E-state index contributed by atoms with van der Waals surface area (Å²) in [4.78, 5) is 34.6. The summed E-state index contributed by atoms with van der Waals surface area (Å²) in [7, 11) is 1.25. The molecule has 0 saturated heterocycles. The molecule has 2 amide bonds. The van der Waals surface area contributed by atoms with Crippen molar-refractivity contribution in [3.63, 3.8) is 0 Å². The van der Waals surface area contributed by atoms with Crippen molar-refractivity contribution < 1.29 is 19.1 Å². The molecule has 6 nitrogen and oxygen atoms in total. The van der Waals surface area contributed by atoms with E-state index in [-0.39, 0.29) is 18.4 Å². The number of methoxy groups -OCH3 is 1. The van der Waals surface area contributed by atoms with E-state index in [4.69, 9.17) is 0 Å². The van der Waals surface area contributed by atoms with Gasteiger partial charge in [-0.25, -0.2) is 0 Å². The molecule has 0 bridgehead atoms. The van der Waals surface area contributed by atoms with E-state index >= 15 is 0 Å². The molecule has 1 aromatic heterocycles. The van der Waals surface area contributed by atoms with Gasteiger partial charge in [0.05, 0.1) is 12.7 Å². The van der Waals surface area contributed by atoms with Crippen LogP contribution in [0.3, 0.4) is 0 Å². The first-order valence-electron chi connectivity index (χ1n) is 6.39. The minimum atomic E-state index is -0.520. The molecule has 2 N–H and O–H groups in total. The van der Waals surface area contributed by atoms with Crippen LogP contribution in [0.4, 0.5) is 5.69 Å². The Morgan fingerprint density at radius 1 is 1.05 bits per heavy atom. The number of anilines is 1. The van der Waals surface area contributed by atoms with Crippen molar-refractivity contribution in [1.82, 2.24) is 5.32 Å². The Kier molecular flexibility index (Phi) is 5.26. The van der Waals surface area contributed by atoms with Crippen molar-refractivity contribution in [1.29, 1.82) is 0 Å². The van der Waals surface area contributed by atoms with Crippen LogP contribution in [0.15, 0.2) is 41.1 Å². The second kappa shape index (κ2) is 7.37. The van der Waals surface area contributed by atoms with Crippen molar-refractivity contribution in [3.8, 4) is 0 Å². The maximum Gasteiger partial charge on any atom is 0.325 e. The zero-order chi connectivity index (χ0) is 15.9. The smallest absolute Gasteiger partial charge is 0.325 e.